The number of anilines is 1. The van der Waals surface area contributed by atoms with Gasteiger partial charge in [0.25, 0.3) is 11.8 Å². The highest BCUT2D eigenvalue weighted by atomic mass is 32.1. The van der Waals surface area contributed by atoms with Crippen molar-refractivity contribution < 1.29 is 19.1 Å². The molecular weight excluding hydrogens is 412 g/mol. The van der Waals surface area contributed by atoms with Crippen molar-refractivity contribution in [2.24, 2.45) is 0 Å². The van der Waals surface area contributed by atoms with Crippen LogP contribution in [0.4, 0.5) is 5.69 Å². The summed E-state index contributed by atoms with van der Waals surface area (Å²) in [4.78, 5) is 28.7. The molecule has 0 bridgehead atoms. The molecule has 5 rings (SSSR count). The summed E-state index contributed by atoms with van der Waals surface area (Å²) in [5, 5.41) is 5.13. The molecule has 0 radical (unpaired) electrons. The third kappa shape index (κ3) is 3.57. The van der Waals surface area contributed by atoms with E-state index < -0.39 is 0 Å². The Kier molecular flexibility index (Phi) is 4.75. The summed E-state index contributed by atoms with van der Waals surface area (Å²) in [6.07, 6.45) is 0. The van der Waals surface area contributed by atoms with Crippen molar-refractivity contribution in [2.75, 3.05) is 12.1 Å². The molecule has 2 aromatic carbocycles. The summed E-state index contributed by atoms with van der Waals surface area (Å²) in [7, 11) is 0. The third-order valence-electron chi connectivity index (χ3n) is 5.20. The lowest BCUT2D eigenvalue weighted by Gasteiger charge is -2.16. The van der Waals surface area contributed by atoms with Crippen LogP contribution in [0.5, 0.6) is 11.5 Å². The van der Waals surface area contributed by atoms with Crippen molar-refractivity contribution >= 4 is 34.4 Å². The molecule has 2 amide bonds. The fraction of sp³-hybridized carbons (Fsp3) is 0.167. The number of hydrogen-bond acceptors (Lipinski definition) is 6. The van der Waals surface area contributed by atoms with Crippen molar-refractivity contribution in [1.29, 1.82) is 0 Å². The second-order valence-corrected chi connectivity index (χ2v) is 8.56. The summed E-state index contributed by atoms with van der Waals surface area (Å²) in [5.41, 5.74) is 4.44. The number of carbonyl (C=O) groups excluding carboxylic acids is 2. The molecule has 1 N–H and O–H groups in total. The molecule has 0 spiro atoms. The minimum absolute atomic E-state index is 0.154. The number of amides is 2. The number of hydrogen-bond donors (Lipinski definition) is 1. The number of thiophene rings is 1. The van der Waals surface area contributed by atoms with Gasteiger partial charge >= 0.3 is 0 Å². The van der Waals surface area contributed by atoms with Crippen LogP contribution >= 0.6 is 11.3 Å². The van der Waals surface area contributed by atoms with Crippen molar-refractivity contribution in [2.45, 2.75) is 20.4 Å². The Labute approximate surface area is 183 Å². The molecule has 0 saturated heterocycles. The van der Waals surface area contributed by atoms with Gasteiger partial charge in [0.1, 0.15) is 5.70 Å². The molecular formula is C24H20N2O4S. The lowest BCUT2D eigenvalue weighted by Crippen LogP contribution is -2.31. The Bertz CT molecular complexity index is 1210. The fourth-order valence-corrected chi connectivity index (χ4v) is 4.67. The highest BCUT2D eigenvalue weighted by Crippen LogP contribution is 2.36. The summed E-state index contributed by atoms with van der Waals surface area (Å²) < 4.78 is 10.8. The number of fused-ring (bicyclic) bond motifs is 1. The van der Waals surface area contributed by atoms with Crippen LogP contribution in [0.3, 0.4) is 0 Å². The first kappa shape index (κ1) is 19.4. The van der Waals surface area contributed by atoms with Gasteiger partial charge in [0.15, 0.2) is 11.5 Å². The van der Waals surface area contributed by atoms with Crippen molar-refractivity contribution in [1.82, 2.24) is 4.90 Å². The van der Waals surface area contributed by atoms with Gasteiger partial charge in [-0.15, -0.1) is 11.3 Å². The molecule has 0 saturated carbocycles. The summed E-state index contributed by atoms with van der Waals surface area (Å²) >= 11 is 1.44. The summed E-state index contributed by atoms with van der Waals surface area (Å²) in [6.45, 7) is 4.33. The molecule has 3 heterocycles. The van der Waals surface area contributed by atoms with Gasteiger partial charge in [0.2, 0.25) is 6.79 Å². The zero-order valence-corrected chi connectivity index (χ0v) is 17.9. The first-order valence-electron chi connectivity index (χ1n) is 9.88. The van der Waals surface area contributed by atoms with E-state index in [0.29, 0.717) is 22.8 Å². The average molecular weight is 433 g/mol. The van der Waals surface area contributed by atoms with Crippen LogP contribution in [-0.4, -0.2) is 23.5 Å². The number of benzene rings is 2. The monoisotopic (exact) mass is 432 g/mol. The molecule has 2 aliphatic rings. The van der Waals surface area contributed by atoms with Crippen LogP contribution in [0.1, 0.15) is 21.6 Å². The normalized spacial score (nSPS) is 15.2. The predicted molar refractivity (Wildman–Crippen MR) is 119 cm³/mol. The van der Waals surface area contributed by atoms with Crippen molar-refractivity contribution in [3.63, 3.8) is 0 Å². The van der Waals surface area contributed by atoms with Crippen LogP contribution < -0.4 is 14.8 Å². The van der Waals surface area contributed by atoms with Gasteiger partial charge in [0, 0.05) is 10.6 Å². The van der Waals surface area contributed by atoms with E-state index in [4.69, 9.17) is 9.47 Å². The van der Waals surface area contributed by atoms with E-state index in [9.17, 15) is 9.59 Å². The Balaban J connectivity index is 1.49. The van der Waals surface area contributed by atoms with Gasteiger partial charge in [-0.05, 0) is 66.2 Å². The number of aryl methyl sites for hydroxylation is 2. The lowest BCUT2D eigenvalue weighted by atomic mass is 10.1. The molecule has 7 heteroatoms. The number of ether oxygens (including phenoxy) is 2. The van der Waals surface area contributed by atoms with Crippen LogP contribution in [0, 0.1) is 13.8 Å². The third-order valence-corrected chi connectivity index (χ3v) is 6.09. The van der Waals surface area contributed by atoms with Gasteiger partial charge in [-0.3, -0.25) is 14.5 Å². The Morgan fingerprint density at radius 1 is 0.968 bits per heavy atom. The van der Waals surface area contributed by atoms with Crippen molar-refractivity contribution in [3.8, 4) is 11.5 Å². The smallest absolute Gasteiger partial charge is 0.278 e. The van der Waals surface area contributed by atoms with E-state index in [2.05, 4.69) is 11.4 Å². The molecule has 0 fully saturated rings. The first-order valence-corrected chi connectivity index (χ1v) is 10.8. The second kappa shape index (κ2) is 7.59. The van der Waals surface area contributed by atoms with E-state index in [1.54, 1.807) is 6.07 Å². The quantitative estimate of drug-likeness (QED) is 0.602. The van der Waals surface area contributed by atoms with Crippen LogP contribution in [0.15, 0.2) is 59.6 Å². The topological polar surface area (TPSA) is 67.9 Å². The maximum Gasteiger partial charge on any atom is 0.278 e. The molecule has 156 valence electrons. The molecule has 2 aliphatic heterocycles. The largest absolute Gasteiger partial charge is 0.454 e. The molecule has 6 nitrogen and oxygen atoms in total. The van der Waals surface area contributed by atoms with Gasteiger partial charge in [-0.2, -0.15) is 0 Å². The maximum absolute atomic E-state index is 13.4. The Morgan fingerprint density at radius 2 is 1.74 bits per heavy atom. The number of imide groups is 1. The van der Waals surface area contributed by atoms with Crippen molar-refractivity contribution in [3.05, 3.63) is 81.2 Å². The zero-order chi connectivity index (χ0) is 21.5. The molecule has 1 aromatic heterocycles. The summed E-state index contributed by atoms with van der Waals surface area (Å²) in [5.74, 6) is 0.635. The highest BCUT2D eigenvalue weighted by Gasteiger charge is 2.39. The minimum atomic E-state index is -0.342. The second-order valence-electron chi connectivity index (χ2n) is 7.61. The van der Waals surface area contributed by atoms with E-state index in [0.717, 1.165) is 27.3 Å². The standard InChI is InChI=1S/C24H20N2O4S/c1-14-8-15(2)10-17(9-14)25-22-21(20-4-3-7-31-20)23(27)26(24(22)28)12-16-5-6-18-19(11-16)30-13-29-18/h3-11,25H,12-13H2,1-2H3. The molecule has 31 heavy (non-hydrogen) atoms. The summed E-state index contributed by atoms with van der Waals surface area (Å²) in [6, 6.07) is 15.2. The number of nitrogens with zero attached hydrogens (tertiary/aromatic N) is 1. The van der Waals surface area contributed by atoms with Gasteiger partial charge in [0.05, 0.1) is 12.1 Å². The average Bonchev–Trinajstić information content (AvgIpc) is 3.45. The van der Waals surface area contributed by atoms with Gasteiger partial charge in [-0.1, -0.05) is 18.2 Å². The van der Waals surface area contributed by atoms with E-state index in [-0.39, 0.29) is 25.2 Å². The Hall–Kier alpha value is -3.58. The molecule has 0 unspecified atom stereocenters. The van der Waals surface area contributed by atoms with Crippen LogP contribution in [0.25, 0.3) is 5.57 Å². The van der Waals surface area contributed by atoms with Gasteiger partial charge in [-0.25, -0.2) is 0 Å². The Morgan fingerprint density at radius 3 is 2.48 bits per heavy atom. The molecule has 3 aromatic rings. The van der Waals surface area contributed by atoms with Gasteiger partial charge < -0.3 is 14.8 Å². The molecule has 0 atom stereocenters. The minimum Gasteiger partial charge on any atom is -0.454 e. The van der Waals surface area contributed by atoms with Crippen LogP contribution in [-0.2, 0) is 16.1 Å². The SMILES string of the molecule is Cc1cc(C)cc(NC2=C(c3cccs3)C(=O)N(Cc3ccc4c(c3)OCO4)C2=O)c1. The van der Waals surface area contributed by atoms with E-state index in [1.165, 1.54) is 16.2 Å². The van der Waals surface area contributed by atoms with E-state index >= 15 is 0 Å². The fourth-order valence-electron chi connectivity index (χ4n) is 3.90. The van der Waals surface area contributed by atoms with E-state index in [1.807, 2.05) is 55.6 Å². The number of rotatable bonds is 5. The zero-order valence-electron chi connectivity index (χ0n) is 17.1. The lowest BCUT2D eigenvalue weighted by molar-refractivity contribution is -0.137. The number of nitrogens with one attached hydrogen (secondary N) is 1. The first-order chi connectivity index (χ1) is 15.0. The molecule has 0 aliphatic carbocycles. The highest BCUT2D eigenvalue weighted by molar-refractivity contribution is 7.11. The van der Waals surface area contributed by atoms with Crippen LogP contribution in [0.2, 0.25) is 0 Å². The number of carbonyl (C=O) groups is 2. The maximum atomic E-state index is 13.4. The predicted octanol–water partition coefficient (Wildman–Crippen LogP) is 4.49.